The van der Waals surface area contributed by atoms with Crippen molar-refractivity contribution >= 4 is 0 Å². The molecule has 0 radical (unpaired) electrons. The minimum absolute atomic E-state index is 0.0664. The van der Waals surface area contributed by atoms with Crippen LogP contribution in [0.1, 0.15) is 54.4 Å². The van der Waals surface area contributed by atoms with Crippen LogP contribution in [0, 0.1) is 11.8 Å². The van der Waals surface area contributed by atoms with Crippen LogP contribution in [0.15, 0.2) is 0 Å². The van der Waals surface area contributed by atoms with Crippen LogP contribution in [-0.4, -0.2) is 21.3 Å². The second-order valence-corrected chi connectivity index (χ2v) is 6.31. The van der Waals surface area contributed by atoms with Gasteiger partial charge in [-0.3, -0.25) is 0 Å². The Bertz CT molecular complexity index is 208. The first-order valence-electron chi connectivity index (χ1n) is 5.67. The molecule has 2 nitrogen and oxygen atoms in total. The van der Waals surface area contributed by atoms with E-state index in [4.69, 9.17) is 0 Å². The molecule has 0 aromatic carbocycles. The summed E-state index contributed by atoms with van der Waals surface area (Å²) in [4.78, 5) is 0. The van der Waals surface area contributed by atoms with Crippen molar-refractivity contribution < 1.29 is 5.21 Å². The first-order chi connectivity index (χ1) is 6.18. The molecule has 1 aliphatic rings. The molecule has 1 rings (SSSR count). The normalized spacial score (nSPS) is 31.3. The van der Waals surface area contributed by atoms with E-state index < -0.39 is 0 Å². The molecule has 84 valence electrons. The summed E-state index contributed by atoms with van der Waals surface area (Å²) in [6.07, 6.45) is 2.29. The van der Waals surface area contributed by atoms with Crippen LogP contribution in [-0.2, 0) is 0 Å². The fraction of sp³-hybridized carbons (Fsp3) is 1.00. The van der Waals surface area contributed by atoms with Crippen molar-refractivity contribution in [2.24, 2.45) is 11.8 Å². The highest BCUT2D eigenvalue weighted by Gasteiger charge is 2.50. The molecule has 1 atom stereocenters. The standard InChI is InChI=1S/C12H25NO/c1-9(2)7-10-8-11(3,4)13(14)12(10,5)6/h9-10,14H,7-8H2,1-6H3. The molecule has 0 aromatic rings. The molecule has 1 heterocycles. The average Bonchev–Trinajstić information content (AvgIpc) is 2.12. The van der Waals surface area contributed by atoms with Crippen molar-refractivity contribution in [1.82, 2.24) is 5.06 Å². The van der Waals surface area contributed by atoms with E-state index in [0.29, 0.717) is 11.8 Å². The molecule has 1 unspecified atom stereocenters. The molecule has 0 aromatic heterocycles. The lowest BCUT2D eigenvalue weighted by atomic mass is 9.81. The van der Waals surface area contributed by atoms with Crippen molar-refractivity contribution in [2.75, 3.05) is 0 Å². The first-order valence-corrected chi connectivity index (χ1v) is 5.67. The second kappa shape index (κ2) is 3.49. The number of hydroxylamine groups is 2. The smallest absolute Gasteiger partial charge is 0.0439 e. The Morgan fingerprint density at radius 2 is 1.79 bits per heavy atom. The molecule has 0 bridgehead atoms. The number of rotatable bonds is 2. The lowest BCUT2D eigenvalue weighted by Crippen LogP contribution is -2.47. The van der Waals surface area contributed by atoms with E-state index in [1.807, 2.05) is 0 Å². The van der Waals surface area contributed by atoms with Gasteiger partial charge in [-0.1, -0.05) is 13.8 Å². The van der Waals surface area contributed by atoms with E-state index in [9.17, 15) is 5.21 Å². The van der Waals surface area contributed by atoms with Crippen molar-refractivity contribution in [2.45, 2.75) is 65.5 Å². The van der Waals surface area contributed by atoms with Gasteiger partial charge in [0.1, 0.15) is 0 Å². The summed E-state index contributed by atoms with van der Waals surface area (Å²) in [6.45, 7) is 13.0. The quantitative estimate of drug-likeness (QED) is 0.737. The van der Waals surface area contributed by atoms with Crippen molar-refractivity contribution in [3.05, 3.63) is 0 Å². The Labute approximate surface area is 88.3 Å². The minimum Gasteiger partial charge on any atom is -0.313 e. The fourth-order valence-corrected chi connectivity index (χ4v) is 2.83. The summed E-state index contributed by atoms with van der Waals surface area (Å²) in [5.41, 5.74) is -0.142. The average molecular weight is 199 g/mol. The number of hydrogen-bond donors (Lipinski definition) is 1. The van der Waals surface area contributed by atoms with Gasteiger partial charge in [-0.25, -0.2) is 0 Å². The zero-order valence-electron chi connectivity index (χ0n) is 10.5. The Kier molecular flexibility index (Phi) is 2.99. The van der Waals surface area contributed by atoms with Gasteiger partial charge in [0.15, 0.2) is 0 Å². The highest BCUT2D eigenvalue weighted by molar-refractivity contribution is 5.01. The van der Waals surface area contributed by atoms with Gasteiger partial charge in [0.25, 0.3) is 0 Å². The molecule has 0 amide bonds. The Hall–Kier alpha value is -0.0800. The van der Waals surface area contributed by atoms with Crippen LogP contribution in [0.4, 0.5) is 0 Å². The number of hydrogen-bond acceptors (Lipinski definition) is 2. The zero-order valence-corrected chi connectivity index (χ0v) is 10.5. The Morgan fingerprint density at radius 1 is 1.29 bits per heavy atom. The molecule has 1 saturated heterocycles. The Balaban J connectivity index is 2.80. The molecule has 0 aliphatic carbocycles. The summed E-state index contributed by atoms with van der Waals surface area (Å²) < 4.78 is 0. The van der Waals surface area contributed by atoms with Gasteiger partial charge >= 0.3 is 0 Å². The third-order valence-electron chi connectivity index (χ3n) is 3.62. The van der Waals surface area contributed by atoms with Crippen molar-refractivity contribution in [3.8, 4) is 0 Å². The van der Waals surface area contributed by atoms with E-state index in [-0.39, 0.29) is 11.1 Å². The molecule has 1 aliphatic heterocycles. The predicted molar refractivity (Wildman–Crippen MR) is 59.3 cm³/mol. The third kappa shape index (κ3) is 1.96. The lowest BCUT2D eigenvalue weighted by Gasteiger charge is -2.36. The largest absolute Gasteiger partial charge is 0.313 e. The van der Waals surface area contributed by atoms with Crippen LogP contribution in [0.3, 0.4) is 0 Å². The van der Waals surface area contributed by atoms with Crippen LogP contribution < -0.4 is 0 Å². The van der Waals surface area contributed by atoms with Gasteiger partial charge in [-0.15, -0.1) is 0 Å². The van der Waals surface area contributed by atoms with Gasteiger partial charge in [0, 0.05) is 11.1 Å². The van der Waals surface area contributed by atoms with Gasteiger partial charge in [-0.05, 0) is 52.4 Å². The molecule has 0 saturated carbocycles. The van der Waals surface area contributed by atoms with Crippen molar-refractivity contribution in [3.63, 3.8) is 0 Å². The Morgan fingerprint density at radius 3 is 2.07 bits per heavy atom. The second-order valence-electron chi connectivity index (χ2n) is 6.31. The molecule has 14 heavy (non-hydrogen) atoms. The van der Waals surface area contributed by atoms with Crippen LogP contribution in [0.25, 0.3) is 0 Å². The minimum atomic E-state index is -0.0756. The lowest BCUT2D eigenvalue weighted by molar-refractivity contribution is -0.197. The van der Waals surface area contributed by atoms with E-state index >= 15 is 0 Å². The molecular formula is C12H25NO. The summed E-state index contributed by atoms with van der Waals surface area (Å²) in [5, 5.41) is 11.7. The van der Waals surface area contributed by atoms with E-state index in [2.05, 4.69) is 41.5 Å². The first kappa shape index (κ1) is 12.0. The highest BCUT2D eigenvalue weighted by Crippen LogP contribution is 2.45. The zero-order chi connectivity index (χ0) is 11.1. The number of nitrogens with zero attached hydrogens (tertiary/aromatic N) is 1. The van der Waals surface area contributed by atoms with E-state index in [0.717, 1.165) is 6.42 Å². The topological polar surface area (TPSA) is 23.5 Å². The third-order valence-corrected chi connectivity index (χ3v) is 3.62. The molecule has 1 fully saturated rings. The maximum Gasteiger partial charge on any atom is 0.0439 e. The molecule has 2 heteroatoms. The molecule has 1 N–H and O–H groups in total. The summed E-state index contributed by atoms with van der Waals surface area (Å²) in [7, 11) is 0. The van der Waals surface area contributed by atoms with Crippen LogP contribution in [0.2, 0.25) is 0 Å². The summed E-state index contributed by atoms with van der Waals surface area (Å²) >= 11 is 0. The molecular weight excluding hydrogens is 174 g/mol. The van der Waals surface area contributed by atoms with Gasteiger partial charge < -0.3 is 5.21 Å². The van der Waals surface area contributed by atoms with Gasteiger partial charge in [-0.2, -0.15) is 5.06 Å². The monoisotopic (exact) mass is 199 g/mol. The van der Waals surface area contributed by atoms with E-state index in [1.54, 1.807) is 5.06 Å². The summed E-state index contributed by atoms with van der Waals surface area (Å²) in [6, 6.07) is 0. The fourth-order valence-electron chi connectivity index (χ4n) is 2.83. The molecule has 0 spiro atoms. The highest BCUT2D eigenvalue weighted by atomic mass is 16.5. The van der Waals surface area contributed by atoms with Gasteiger partial charge in [0.2, 0.25) is 0 Å². The van der Waals surface area contributed by atoms with Crippen molar-refractivity contribution in [1.29, 1.82) is 0 Å². The van der Waals surface area contributed by atoms with Gasteiger partial charge in [0.05, 0.1) is 0 Å². The SMILES string of the molecule is CC(C)CC1CC(C)(C)N(O)C1(C)C. The van der Waals surface area contributed by atoms with E-state index in [1.165, 1.54) is 6.42 Å². The maximum atomic E-state index is 10.1. The van der Waals surface area contributed by atoms with Crippen LogP contribution in [0.5, 0.6) is 0 Å². The summed E-state index contributed by atoms with van der Waals surface area (Å²) in [5.74, 6) is 1.31. The van der Waals surface area contributed by atoms with Crippen LogP contribution >= 0.6 is 0 Å². The predicted octanol–water partition coefficient (Wildman–Crippen LogP) is 3.30. The maximum absolute atomic E-state index is 10.1.